The van der Waals surface area contributed by atoms with E-state index in [2.05, 4.69) is 45.1 Å². The maximum absolute atomic E-state index is 10.6. The zero-order valence-electron chi connectivity index (χ0n) is 16.3. The van der Waals surface area contributed by atoms with Gasteiger partial charge < -0.3 is 5.32 Å². The van der Waals surface area contributed by atoms with Crippen LogP contribution in [0.4, 0.5) is 0 Å². The van der Waals surface area contributed by atoms with E-state index in [1.54, 1.807) is 0 Å². The van der Waals surface area contributed by atoms with Crippen molar-refractivity contribution in [3.8, 4) is 6.07 Å². The molecule has 0 bridgehead atoms. The van der Waals surface area contributed by atoms with Crippen molar-refractivity contribution in [2.45, 2.75) is 57.5 Å². The van der Waals surface area contributed by atoms with Crippen LogP contribution >= 0.6 is 23.2 Å². The third-order valence-electron chi connectivity index (χ3n) is 5.54. The van der Waals surface area contributed by atoms with Crippen LogP contribution in [0.5, 0.6) is 0 Å². The van der Waals surface area contributed by atoms with E-state index in [1.807, 2.05) is 42.5 Å². The molecule has 3 rings (SSSR count). The van der Waals surface area contributed by atoms with Crippen molar-refractivity contribution < 1.29 is 0 Å². The Morgan fingerprint density at radius 3 is 2.30 bits per heavy atom. The van der Waals surface area contributed by atoms with Crippen molar-refractivity contribution in [2.75, 3.05) is 0 Å². The van der Waals surface area contributed by atoms with Crippen molar-refractivity contribution in [1.29, 1.82) is 5.26 Å². The lowest BCUT2D eigenvalue weighted by atomic mass is 9.63. The van der Waals surface area contributed by atoms with Crippen LogP contribution in [0.25, 0.3) is 0 Å². The van der Waals surface area contributed by atoms with E-state index in [0.29, 0.717) is 10.0 Å². The number of hydrogen-bond donors (Lipinski definition) is 1. The largest absolute Gasteiger partial charge is 0.309 e. The molecule has 0 unspecified atom stereocenters. The van der Waals surface area contributed by atoms with Gasteiger partial charge in [0.25, 0.3) is 0 Å². The Morgan fingerprint density at radius 2 is 1.74 bits per heavy atom. The molecule has 0 spiro atoms. The van der Waals surface area contributed by atoms with Crippen molar-refractivity contribution in [2.24, 2.45) is 5.41 Å². The summed E-state index contributed by atoms with van der Waals surface area (Å²) in [6.45, 7) is 8.82. The van der Waals surface area contributed by atoms with Crippen LogP contribution in [0.3, 0.4) is 0 Å². The Hall–Kier alpha value is -1.53. The zero-order chi connectivity index (χ0) is 19.8. The quantitative estimate of drug-likeness (QED) is 0.652. The summed E-state index contributed by atoms with van der Waals surface area (Å²) < 4.78 is 0. The molecule has 142 valence electrons. The molecule has 1 N–H and O–H groups in total. The lowest BCUT2D eigenvalue weighted by molar-refractivity contribution is 0.282. The standard InChI is InChI=1S/C23H26Cl2N2/c1-15-21(16-6-5-7-19(25)12-16)23(14-26,17-8-10-18(24)11-9-17)20(27-15)13-22(2,3)4/h5-12,15,20-21,27H,13H2,1-4H3/t15-,20-,21+,23-/m0/s1. The minimum Gasteiger partial charge on any atom is -0.309 e. The number of nitriles is 1. The maximum Gasteiger partial charge on any atom is 0.106 e. The van der Waals surface area contributed by atoms with Gasteiger partial charge in [0.2, 0.25) is 0 Å². The van der Waals surface area contributed by atoms with Crippen molar-refractivity contribution in [3.63, 3.8) is 0 Å². The highest BCUT2D eigenvalue weighted by Crippen LogP contribution is 2.51. The Labute approximate surface area is 172 Å². The maximum atomic E-state index is 10.6. The van der Waals surface area contributed by atoms with Crippen LogP contribution in [-0.2, 0) is 5.41 Å². The van der Waals surface area contributed by atoms with Gasteiger partial charge in [-0.2, -0.15) is 5.26 Å². The van der Waals surface area contributed by atoms with E-state index in [1.165, 1.54) is 0 Å². The molecular formula is C23H26Cl2N2. The Balaban J connectivity index is 2.21. The number of nitrogens with one attached hydrogen (secondary N) is 1. The molecule has 1 aliphatic heterocycles. The van der Waals surface area contributed by atoms with Crippen LogP contribution in [-0.4, -0.2) is 12.1 Å². The Morgan fingerprint density at radius 1 is 1.07 bits per heavy atom. The van der Waals surface area contributed by atoms with Gasteiger partial charge in [0, 0.05) is 28.0 Å². The lowest BCUT2D eigenvalue weighted by Crippen LogP contribution is -2.44. The average molecular weight is 401 g/mol. The third-order valence-corrected chi connectivity index (χ3v) is 6.02. The molecular weight excluding hydrogens is 375 g/mol. The summed E-state index contributed by atoms with van der Waals surface area (Å²) in [5.74, 6) is -0.00488. The SMILES string of the molecule is C[C@@H]1N[C@@H](CC(C)(C)C)[C@](C#N)(c2ccc(Cl)cc2)[C@H]1c1cccc(Cl)c1. The number of hydrogen-bond acceptors (Lipinski definition) is 2. The molecule has 0 aromatic heterocycles. The molecule has 27 heavy (non-hydrogen) atoms. The van der Waals surface area contributed by atoms with Crippen LogP contribution in [0.1, 0.15) is 51.2 Å². The molecule has 1 fully saturated rings. The number of nitrogens with zero attached hydrogens (tertiary/aromatic N) is 1. The fourth-order valence-electron chi connectivity index (χ4n) is 4.56. The summed E-state index contributed by atoms with van der Waals surface area (Å²) in [5.41, 5.74) is 1.50. The molecule has 1 heterocycles. The van der Waals surface area contributed by atoms with E-state index in [0.717, 1.165) is 17.5 Å². The van der Waals surface area contributed by atoms with Gasteiger partial charge in [0.05, 0.1) is 6.07 Å². The van der Waals surface area contributed by atoms with E-state index in [9.17, 15) is 5.26 Å². The normalized spacial score (nSPS) is 28.1. The van der Waals surface area contributed by atoms with Crippen LogP contribution in [0.2, 0.25) is 10.0 Å². The predicted octanol–water partition coefficient (Wildman–Crippen LogP) is 6.34. The van der Waals surface area contributed by atoms with Crippen molar-refractivity contribution in [1.82, 2.24) is 5.32 Å². The highest BCUT2D eigenvalue weighted by Gasteiger charge is 2.56. The molecule has 0 aliphatic carbocycles. The monoisotopic (exact) mass is 400 g/mol. The predicted molar refractivity (Wildman–Crippen MR) is 113 cm³/mol. The minimum absolute atomic E-state index is 0.00488. The second-order valence-electron chi connectivity index (χ2n) is 8.79. The molecule has 2 aromatic rings. The molecule has 4 atom stereocenters. The molecule has 0 saturated carbocycles. The summed E-state index contributed by atoms with van der Waals surface area (Å²) in [7, 11) is 0. The summed E-state index contributed by atoms with van der Waals surface area (Å²) in [4.78, 5) is 0. The van der Waals surface area contributed by atoms with Gasteiger partial charge in [-0.25, -0.2) is 0 Å². The first-order valence-corrected chi connectivity index (χ1v) is 10.1. The molecule has 2 aromatic carbocycles. The Kier molecular flexibility index (Phi) is 5.59. The lowest BCUT2D eigenvalue weighted by Gasteiger charge is -2.37. The first kappa shape index (κ1) is 20.2. The van der Waals surface area contributed by atoms with E-state index >= 15 is 0 Å². The fourth-order valence-corrected chi connectivity index (χ4v) is 4.88. The van der Waals surface area contributed by atoms with Crippen LogP contribution in [0, 0.1) is 16.7 Å². The van der Waals surface area contributed by atoms with Gasteiger partial charge in [0.1, 0.15) is 5.41 Å². The van der Waals surface area contributed by atoms with Gasteiger partial charge in [-0.15, -0.1) is 0 Å². The van der Waals surface area contributed by atoms with Gasteiger partial charge in [-0.1, -0.05) is 68.2 Å². The summed E-state index contributed by atoms with van der Waals surface area (Å²) >= 11 is 12.4. The van der Waals surface area contributed by atoms with Crippen LogP contribution < -0.4 is 5.32 Å². The molecule has 4 heteroatoms. The highest BCUT2D eigenvalue weighted by molar-refractivity contribution is 6.30. The van der Waals surface area contributed by atoms with E-state index < -0.39 is 5.41 Å². The topological polar surface area (TPSA) is 35.8 Å². The van der Waals surface area contributed by atoms with Crippen molar-refractivity contribution >= 4 is 23.2 Å². The zero-order valence-corrected chi connectivity index (χ0v) is 17.8. The average Bonchev–Trinajstić information content (AvgIpc) is 2.85. The Bertz CT molecular complexity index is 848. The molecule has 0 amide bonds. The number of rotatable bonds is 3. The van der Waals surface area contributed by atoms with E-state index in [4.69, 9.17) is 23.2 Å². The molecule has 0 radical (unpaired) electrons. The van der Waals surface area contributed by atoms with Gasteiger partial charge in [0.15, 0.2) is 0 Å². The van der Waals surface area contributed by atoms with Crippen LogP contribution in [0.15, 0.2) is 48.5 Å². The second-order valence-corrected chi connectivity index (χ2v) is 9.67. The second kappa shape index (κ2) is 7.47. The smallest absolute Gasteiger partial charge is 0.106 e. The first-order valence-electron chi connectivity index (χ1n) is 9.36. The van der Waals surface area contributed by atoms with Gasteiger partial charge in [-0.05, 0) is 54.2 Å². The fraction of sp³-hybridized carbons (Fsp3) is 0.435. The van der Waals surface area contributed by atoms with Gasteiger partial charge in [-0.3, -0.25) is 0 Å². The summed E-state index contributed by atoms with van der Waals surface area (Å²) in [6, 6.07) is 18.6. The highest BCUT2D eigenvalue weighted by atomic mass is 35.5. The first-order chi connectivity index (χ1) is 12.7. The number of halogens is 2. The van der Waals surface area contributed by atoms with Crippen molar-refractivity contribution in [3.05, 3.63) is 69.7 Å². The third kappa shape index (κ3) is 3.87. The summed E-state index contributed by atoms with van der Waals surface area (Å²) in [6.07, 6.45) is 0.893. The number of benzene rings is 2. The molecule has 2 nitrogen and oxygen atoms in total. The van der Waals surface area contributed by atoms with Gasteiger partial charge >= 0.3 is 0 Å². The van der Waals surface area contributed by atoms with E-state index in [-0.39, 0.29) is 23.4 Å². The molecule has 1 aliphatic rings. The minimum atomic E-state index is -0.692. The molecule has 1 saturated heterocycles. The summed E-state index contributed by atoms with van der Waals surface area (Å²) in [5, 5.41) is 15.7.